The number of anilines is 1. The van der Waals surface area contributed by atoms with Gasteiger partial charge in [-0.15, -0.1) is 0 Å². The lowest BCUT2D eigenvalue weighted by Crippen LogP contribution is -2.11. The highest BCUT2D eigenvalue weighted by Gasteiger charge is 2.06. The molecule has 4 heteroatoms. The lowest BCUT2D eigenvalue weighted by atomic mass is 10.2. The summed E-state index contributed by atoms with van der Waals surface area (Å²) < 4.78 is 6.18. The first-order chi connectivity index (χ1) is 8.22. The lowest BCUT2D eigenvalue weighted by Gasteiger charge is -2.05. The van der Waals surface area contributed by atoms with Gasteiger partial charge in [0, 0.05) is 16.4 Å². The minimum Gasteiger partial charge on any atom is -0.421 e. The van der Waals surface area contributed by atoms with Crippen molar-refractivity contribution in [3.05, 3.63) is 39.2 Å². The van der Waals surface area contributed by atoms with Crippen LogP contribution in [0.5, 0.6) is 0 Å². The van der Waals surface area contributed by atoms with Gasteiger partial charge < -0.3 is 9.73 Å². The third kappa shape index (κ3) is 2.69. The number of unbranched alkanes of at least 4 members (excludes halogenated alkanes) is 1. The minimum absolute atomic E-state index is 0.313. The number of halogens is 1. The van der Waals surface area contributed by atoms with E-state index >= 15 is 0 Å². The fraction of sp³-hybridized carbons (Fsp3) is 0.308. The molecule has 0 aliphatic carbocycles. The maximum atomic E-state index is 11.7. The molecule has 1 aromatic heterocycles. The Hall–Kier alpha value is -1.29. The Kier molecular flexibility index (Phi) is 3.84. The van der Waals surface area contributed by atoms with Gasteiger partial charge in [0.05, 0.1) is 0 Å². The van der Waals surface area contributed by atoms with Crippen molar-refractivity contribution in [3.63, 3.8) is 0 Å². The highest BCUT2D eigenvalue weighted by Crippen LogP contribution is 2.24. The maximum Gasteiger partial charge on any atom is 0.359 e. The van der Waals surface area contributed by atoms with Crippen LogP contribution in [0.15, 0.2) is 37.9 Å². The molecule has 0 fully saturated rings. The fourth-order valence-electron chi connectivity index (χ4n) is 1.63. The number of fused-ring (bicyclic) bond motifs is 1. The molecule has 2 aromatic rings. The molecule has 1 N–H and O–H groups in total. The monoisotopic (exact) mass is 295 g/mol. The fourth-order valence-corrected chi connectivity index (χ4v) is 2.09. The van der Waals surface area contributed by atoms with Crippen LogP contribution >= 0.6 is 15.9 Å². The summed E-state index contributed by atoms with van der Waals surface area (Å²) in [7, 11) is 0. The maximum absolute atomic E-state index is 11.7. The normalized spacial score (nSPS) is 10.7. The van der Waals surface area contributed by atoms with E-state index < -0.39 is 0 Å². The quantitative estimate of drug-likeness (QED) is 0.690. The second-order valence-corrected chi connectivity index (χ2v) is 4.73. The summed E-state index contributed by atoms with van der Waals surface area (Å²) in [5, 5.41) is 4.01. The van der Waals surface area contributed by atoms with Crippen LogP contribution in [-0.2, 0) is 0 Å². The third-order valence-electron chi connectivity index (χ3n) is 2.57. The first kappa shape index (κ1) is 12.2. The van der Waals surface area contributed by atoms with E-state index in [0.717, 1.165) is 29.2 Å². The van der Waals surface area contributed by atoms with Crippen molar-refractivity contribution < 1.29 is 4.42 Å². The molecule has 0 saturated heterocycles. The first-order valence-electron chi connectivity index (χ1n) is 5.68. The average Bonchev–Trinajstić information content (AvgIpc) is 2.31. The molecule has 1 heterocycles. The van der Waals surface area contributed by atoms with Crippen molar-refractivity contribution in [1.82, 2.24) is 0 Å². The van der Waals surface area contributed by atoms with Crippen molar-refractivity contribution in [2.75, 3.05) is 11.9 Å². The van der Waals surface area contributed by atoms with Crippen molar-refractivity contribution in [1.29, 1.82) is 0 Å². The van der Waals surface area contributed by atoms with E-state index in [0.29, 0.717) is 11.3 Å². The predicted octanol–water partition coefficient (Wildman–Crippen LogP) is 3.77. The molecule has 0 amide bonds. The van der Waals surface area contributed by atoms with Crippen LogP contribution in [0, 0.1) is 0 Å². The van der Waals surface area contributed by atoms with Crippen molar-refractivity contribution in [3.8, 4) is 0 Å². The highest BCUT2D eigenvalue weighted by atomic mass is 79.9. The predicted molar refractivity (Wildman–Crippen MR) is 73.6 cm³/mol. The van der Waals surface area contributed by atoms with Gasteiger partial charge in [0.2, 0.25) is 0 Å². The third-order valence-corrected chi connectivity index (χ3v) is 3.26. The van der Waals surface area contributed by atoms with Crippen LogP contribution in [0.1, 0.15) is 19.8 Å². The van der Waals surface area contributed by atoms with Gasteiger partial charge >= 0.3 is 5.63 Å². The number of hydrogen-bond donors (Lipinski definition) is 1. The zero-order chi connectivity index (χ0) is 12.3. The Morgan fingerprint density at radius 3 is 3.00 bits per heavy atom. The number of hydrogen-bond acceptors (Lipinski definition) is 3. The van der Waals surface area contributed by atoms with Gasteiger partial charge in [-0.25, -0.2) is 4.79 Å². The molecule has 90 valence electrons. The van der Waals surface area contributed by atoms with Gasteiger partial charge in [0.1, 0.15) is 11.3 Å². The van der Waals surface area contributed by atoms with E-state index in [4.69, 9.17) is 4.42 Å². The summed E-state index contributed by atoms with van der Waals surface area (Å²) in [5.41, 5.74) is 0.815. The zero-order valence-corrected chi connectivity index (χ0v) is 11.2. The van der Waals surface area contributed by atoms with Gasteiger partial charge in [-0.1, -0.05) is 35.3 Å². The van der Waals surface area contributed by atoms with Gasteiger partial charge in [0.25, 0.3) is 0 Å². The number of rotatable bonds is 4. The molecular weight excluding hydrogens is 282 g/mol. The average molecular weight is 296 g/mol. The second kappa shape index (κ2) is 5.36. The van der Waals surface area contributed by atoms with Crippen LogP contribution in [-0.4, -0.2) is 6.54 Å². The van der Waals surface area contributed by atoms with Crippen molar-refractivity contribution >= 4 is 32.6 Å². The first-order valence-corrected chi connectivity index (χ1v) is 6.48. The Morgan fingerprint density at radius 1 is 1.41 bits per heavy atom. The summed E-state index contributed by atoms with van der Waals surface area (Å²) in [5.74, 6) is 0. The number of nitrogens with one attached hydrogen (secondary N) is 1. The standard InChI is InChI=1S/C13H14BrNO2/c1-2-3-7-15-11-8-9-10(14)5-4-6-12(9)17-13(11)16/h4-6,8,15H,2-3,7H2,1H3. The van der Waals surface area contributed by atoms with Crippen LogP contribution in [0.2, 0.25) is 0 Å². The van der Waals surface area contributed by atoms with E-state index in [1.807, 2.05) is 18.2 Å². The number of benzene rings is 1. The van der Waals surface area contributed by atoms with E-state index in [1.54, 1.807) is 6.07 Å². The summed E-state index contributed by atoms with van der Waals surface area (Å²) in [6.45, 7) is 2.90. The highest BCUT2D eigenvalue weighted by molar-refractivity contribution is 9.10. The minimum atomic E-state index is -0.313. The molecule has 3 nitrogen and oxygen atoms in total. The van der Waals surface area contributed by atoms with E-state index in [-0.39, 0.29) is 5.63 Å². The van der Waals surface area contributed by atoms with Gasteiger partial charge in [-0.2, -0.15) is 0 Å². The Balaban J connectivity index is 2.40. The molecule has 0 spiro atoms. The molecule has 0 unspecified atom stereocenters. The molecule has 0 bridgehead atoms. The molecule has 0 radical (unpaired) electrons. The van der Waals surface area contributed by atoms with Gasteiger partial charge in [-0.05, 0) is 24.6 Å². The summed E-state index contributed by atoms with van der Waals surface area (Å²) in [4.78, 5) is 11.7. The summed E-state index contributed by atoms with van der Waals surface area (Å²) in [6, 6.07) is 7.40. The van der Waals surface area contributed by atoms with E-state index in [2.05, 4.69) is 28.2 Å². The SMILES string of the molecule is CCCCNc1cc2c(Br)cccc2oc1=O. The van der Waals surface area contributed by atoms with Crippen LogP contribution in [0.3, 0.4) is 0 Å². The molecule has 0 atom stereocenters. The Morgan fingerprint density at radius 2 is 2.24 bits per heavy atom. The Bertz CT molecular complexity index is 577. The molecule has 2 rings (SSSR count). The topological polar surface area (TPSA) is 42.2 Å². The van der Waals surface area contributed by atoms with Crippen LogP contribution < -0.4 is 10.9 Å². The molecule has 17 heavy (non-hydrogen) atoms. The van der Waals surface area contributed by atoms with Crippen LogP contribution in [0.25, 0.3) is 11.0 Å². The largest absolute Gasteiger partial charge is 0.421 e. The van der Waals surface area contributed by atoms with Crippen LogP contribution in [0.4, 0.5) is 5.69 Å². The molecular formula is C13H14BrNO2. The molecule has 1 aromatic carbocycles. The van der Waals surface area contributed by atoms with Gasteiger partial charge in [-0.3, -0.25) is 0 Å². The smallest absolute Gasteiger partial charge is 0.359 e. The van der Waals surface area contributed by atoms with Gasteiger partial charge in [0.15, 0.2) is 0 Å². The second-order valence-electron chi connectivity index (χ2n) is 3.88. The van der Waals surface area contributed by atoms with E-state index in [1.165, 1.54) is 0 Å². The Labute approximate surface area is 108 Å². The lowest BCUT2D eigenvalue weighted by molar-refractivity contribution is 0.562. The van der Waals surface area contributed by atoms with Crippen molar-refractivity contribution in [2.24, 2.45) is 0 Å². The summed E-state index contributed by atoms with van der Waals surface area (Å²) >= 11 is 3.45. The molecule has 0 saturated carbocycles. The molecule has 0 aliphatic rings. The van der Waals surface area contributed by atoms with E-state index in [9.17, 15) is 4.79 Å². The van der Waals surface area contributed by atoms with Crippen molar-refractivity contribution in [2.45, 2.75) is 19.8 Å². The zero-order valence-electron chi connectivity index (χ0n) is 9.63. The summed E-state index contributed by atoms with van der Waals surface area (Å²) in [6.07, 6.45) is 2.13. The molecule has 0 aliphatic heterocycles.